The van der Waals surface area contributed by atoms with Crippen LogP contribution in [0.25, 0.3) is 22.3 Å². The van der Waals surface area contributed by atoms with Crippen LogP contribution in [-0.4, -0.2) is 94.0 Å². The quantitative estimate of drug-likeness (QED) is 0.0730. The van der Waals surface area contributed by atoms with Crippen LogP contribution < -0.4 is 27.0 Å². The van der Waals surface area contributed by atoms with Crippen LogP contribution in [0.5, 0.6) is 11.5 Å². The number of aliphatic carboxylic acids is 1. The molecule has 63 heavy (non-hydrogen) atoms. The number of likely N-dealkylation sites (N-methyl/N-ethyl adjacent to an activating group) is 1. The third-order valence-electron chi connectivity index (χ3n) is 11.3. The maximum Gasteiger partial charge on any atom is 0.326 e. The van der Waals surface area contributed by atoms with Gasteiger partial charge in [0, 0.05) is 36.7 Å². The first kappa shape index (κ1) is 47.3. The number of nitrogens with zero attached hydrogens (tertiary/aromatic N) is 1. The standard InChI is InChI=1S/C48H58N6O9/c1-5-6-9-30-11-14-32(15-12-30)33-16-18-34(19-17-33)45(59)50-27-28(2)43(57)52-38(10-7-8-23-49)47(61)54(4)42-35-20-22-41(56)37(26-35)36-24-31(13-21-40(36)55)25-39(48(62)63)53-44(58)29(3)51-46(42)60/h11-22,24,26,28-29,38-39,42,55-56H,5-10,23,25,27,49H2,1-4H3,(H,50,59)(H,51,60)(H,52,57)(H,53,58)(H,62,63)/t28-,29+,38+,39+,42+/m1/s1. The number of carboxylic acids is 1. The number of amides is 5. The maximum atomic E-state index is 14.5. The summed E-state index contributed by atoms with van der Waals surface area (Å²) in [6.45, 7) is 5.44. The molecule has 1 aliphatic heterocycles. The summed E-state index contributed by atoms with van der Waals surface area (Å²) in [6, 6.07) is 18.8. The van der Waals surface area contributed by atoms with E-state index in [0.29, 0.717) is 30.5 Å². The molecule has 9 N–H and O–H groups in total. The number of carbonyl (C=O) groups is 6. The first-order valence-electron chi connectivity index (χ1n) is 21.3. The zero-order valence-electron chi connectivity index (χ0n) is 36.1. The van der Waals surface area contributed by atoms with Gasteiger partial charge in [-0.1, -0.05) is 68.8 Å². The van der Waals surface area contributed by atoms with E-state index in [1.807, 2.05) is 12.1 Å². The van der Waals surface area contributed by atoms with Gasteiger partial charge in [-0.25, -0.2) is 4.79 Å². The summed E-state index contributed by atoms with van der Waals surface area (Å²) >= 11 is 0. The second kappa shape index (κ2) is 21.9. The topological polar surface area (TPSA) is 240 Å². The van der Waals surface area contributed by atoms with E-state index >= 15 is 0 Å². The van der Waals surface area contributed by atoms with Crippen LogP contribution in [0.1, 0.15) is 86.0 Å². The smallest absolute Gasteiger partial charge is 0.326 e. The Balaban J connectivity index is 1.34. The Bertz CT molecular complexity index is 2280. The highest BCUT2D eigenvalue weighted by molar-refractivity contribution is 5.97. The molecule has 15 nitrogen and oxygen atoms in total. The molecule has 0 radical (unpaired) electrons. The number of unbranched alkanes of at least 4 members (excludes halogenated alkanes) is 2. The van der Waals surface area contributed by atoms with Gasteiger partial charge in [0.15, 0.2) is 0 Å². The predicted octanol–water partition coefficient (Wildman–Crippen LogP) is 4.58. The Morgan fingerprint density at radius 3 is 2.11 bits per heavy atom. The lowest BCUT2D eigenvalue weighted by Gasteiger charge is -2.33. The Morgan fingerprint density at radius 1 is 0.841 bits per heavy atom. The highest BCUT2D eigenvalue weighted by atomic mass is 16.4. The Hall–Kier alpha value is -6.74. The molecule has 5 amide bonds. The van der Waals surface area contributed by atoms with E-state index in [9.17, 15) is 44.1 Å². The summed E-state index contributed by atoms with van der Waals surface area (Å²) in [5.74, 6) is -5.79. The van der Waals surface area contributed by atoms with Crippen molar-refractivity contribution in [2.75, 3.05) is 20.1 Å². The average Bonchev–Trinajstić information content (AvgIpc) is 3.27. The lowest BCUT2D eigenvalue weighted by atomic mass is 9.93. The van der Waals surface area contributed by atoms with Gasteiger partial charge in [-0.2, -0.15) is 0 Å². The molecule has 0 unspecified atom stereocenters. The summed E-state index contributed by atoms with van der Waals surface area (Å²) in [7, 11) is 1.37. The molecule has 334 valence electrons. The van der Waals surface area contributed by atoms with Crippen LogP contribution in [0, 0.1) is 5.92 Å². The number of aromatic hydroxyl groups is 2. The van der Waals surface area contributed by atoms with E-state index in [1.54, 1.807) is 19.1 Å². The minimum Gasteiger partial charge on any atom is -0.507 e. The third-order valence-corrected chi connectivity index (χ3v) is 11.3. The number of nitrogens with two attached hydrogens (primary N) is 1. The van der Waals surface area contributed by atoms with Crippen molar-refractivity contribution in [3.63, 3.8) is 0 Å². The van der Waals surface area contributed by atoms with E-state index in [1.165, 1.54) is 55.9 Å². The van der Waals surface area contributed by atoms with Gasteiger partial charge < -0.3 is 47.2 Å². The number of phenolic OH excluding ortho intramolecular Hbond substituents is 2. The van der Waals surface area contributed by atoms with Gasteiger partial charge in [0.1, 0.15) is 35.7 Å². The van der Waals surface area contributed by atoms with E-state index in [-0.39, 0.29) is 53.5 Å². The molecule has 1 heterocycles. The van der Waals surface area contributed by atoms with Gasteiger partial charge in [0.25, 0.3) is 5.91 Å². The number of carboxylic acid groups (broad SMARTS) is 1. The lowest BCUT2D eigenvalue weighted by molar-refractivity contribution is -0.144. The van der Waals surface area contributed by atoms with Crippen molar-refractivity contribution in [3.8, 4) is 33.8 Å². The van der Waals surface area contributed by atoms with Gasteiger partial charge in [-0.15, -0.1) is 0 Å². The Kier molecular flexibility index (Phi) is 16.4. The number of nitrogens with one attached hydrogen (secondary N) is 4. The van der Waals surface area contributed by atoms with Crippen molar-refractivity contribution >= 4 is 35.5 Å². The van der Waals surface area contributed by atoms with Crippen LogP contribution in [-0.2, 0) is 36.8 Å². The molecule has 0 spiro atoms. The lowest BCUT2D eigenvalue weighted by Crippen LogP contribution is -2.55. The molecule has 0 saturated carbocycles. The number of phenols is 2. The van der Waals surface area contributed by atoms with Gasteiger partial charge in [-0.05, 0) is 110 Å². The summed E-state index contributed by atoms with van der Waals surface area (Å²) < 4.78 is 0. The fourth-order valence-electron chi connectivity index (χ4n) is 7.44. The van der Waals surface area contributed by atoms with E-state index in [4.69, 9.17) is 5.73 Å². The highest BCUT2D eigenvalue weighted by Gasteiger charge is 2.36. The molecular formula is C48H58N6O9. The van der Waals surface area contributed by atoms with Gasteiger partial charge in [0.2, 0.25) is 23.6 Å². The fraction of sp³-hybridized carbons (Fsp3) is 0.375. The number of rotatable bonds is 16. The monoisotopic (exact) mass is 862 g/mol. The zero-order valence-corrected chi connectivity index (χ0v) is 36.1. The summed E-state index contributed by atoms with van der Waals surface area (Å²) in [5, 5.41) is 42.4. The molecule has 5 atom stereocenters. The number of carbonyl (C=O) groups excluding carboxylic acids is 5. The first-order chi connectivity index (χ1) is 30.1. The second-order valence-electron chi connectivity index (χ2n) is 16.1. The minimum absolute atomic E-state index is 0.0385. The van der Waals surface area contributed by atoms with Crippen LogP contribution >= 0.6 is 0 Å². The number of aryl methyl sites for hydroxylation is 1. The van der Waals surface area contributed by atoms with Crippen LogP contribution in [0.4, 0.5) is 0 Å². The molecule has 4 aromatic rings. The molecule has 0 fully saturated rings. The van der Waals surface area contributed by atoms with Gasteiger partial charge >= 0.3 is 5.97 Å². The average molecular weight is 863 g/mol. The number of benzene rings is 4. The first-order valence-corrected chi connectivity index (χ1v) is 21.3. The minimum atomic E-state index is -1.45. The molecular weight excluding hydrogens is 805 g/mol. The van der Waals surface area contributed by atoms with Gasteiger partial charge in [0.05, 0.1) is 5.92 Å². The third kappa shape index (κ3) is 12.2. The molecule has 5 rings (SSSR count). The van der Waals surface area contributed by atoms with Crippen molar-refractivity contribution in [1.82, 2.24) is 26.2 Å². The van der Waals surface area contributed by atoms with Crippen molar-refractivity contribution in [2.45, 2.75) is 89.9 Å². The molecule has 0 aromatic heterocycles. The zero-order chi connectivity index (χ0) is 45.8. The number of hydrogen-bond acceptors (Lipinski definition) is 9. The second-order valence-corrected chi connectivity index (χ2v) is 16.1. The van der Waals surface area contributed by atoms with Crippen molar-refractivity contribution in [1.29, 1.82) is 0 Å². The van der Waals surface area contributed by atoms with Crippen LogP contribution in [0.15, 0.2) is 84.9 Å². The molecule has 1 aliphatic rings. The Labute approximate surface area is 367 Å². The maximum absolute atomic E-state index is 14.5. The van der Waals surface area contributed by atoms with Gasteiger partial charge in [-0.3, -0.25) is 24.0 Å². The van der Waals surface area contributed by atoms with E-state index in [2.05, 4.69) is 52.5 Å². The Morgan fingerprint density at radius 2 is 1.48 bits per heavy atom. The fourth-order valence-corrected chi connectivity index (χ4v) is 7.44. The van der Waals surface area contributed by atoms with Crippen molar-refractivity contribution in [3.05, 3.63) is 107 Å². The summed E-state index contributed by atoms with van der Waals surface area (Å²) in [4.78, 5) is 82.0. The molecule has 15 heteroatoms. The predicted molar refractivity (Wildman–Crippen MR) is 238 cm³/mol. The van der Waals surface area contributed by atoms with E-state index in [0.717, 1.165) is 35.3 Å². The number of fused-ring (bicyclic) bond motifs is 5. The molecule has 0 saturated heterocycles. The number of hydrogen-bond donors (Lipinski definition) is 8. The molecule has 4 aromatic carbocycles. The highest BCUT2D eigenvalue weighted by Crippen LogP contribution is 2.39. The SMILES string of the molecule is CCCCc1ccc(-c2ccc(C(=O)NC[C@@H](C)C(=O)N[C@@H](CCCCN)C(=O)N(C)[C@@H]3C(=O)N[C@@H](C)C(=O)N[C@H](C(=O)O)Cc4ccc(O)c(c4)-c4cc3ccc4O)cc2)cc1. The van der Waals surface area contributed by atoms with Crippen LogP contribution in [0.3, 0.4) is 0 Å². The molecule has 0 aliphatic carbocycles. The van der Waals surface area contributed by atoms with Crippen molar-refractivity contribution < 1.29 is 44.1 Å². The van der Waals surface area contributed by atoms with E-state index < -0.39 is 59.7 Å². The van der Waals surface area contributed by atoms with Crippen molar-refractivity contribution in [2.24, 2.45) is 11.7 Å². The normalized spacial score (nSPS) is 17.3. The van der Waals surface area contributed by atoms with Crippen LogP contribution in [0.2, 0.25) is 0 Å². The largest absolute Gasteiger partial charge is 0.507 e. The molecule has 4 bridgehead atoms. The summed E-state index contributed by atoms with van der Waals surface area (Å²) in [6.07, 6.45) is 4.26. The summed E-state index contributed by atoms with van der Waals surface area (Å²) in [5.41, 5.74) is 10.3.